The molecule has 0 aliphatic carbocycles. The standard InChI is InChI=1S/C15H21N7O.2ClH/c23-14(20-10-9-19-13-12-17-7-8-18-13)15(2-5-16-6-3-15)22-11-1-4-21-22;;/h1,4,7-8,11-12,16H,2-3,5-6,9-10H2,(H,18,19)(H,20,23);2*1H. The monoisotopic (exact) mass is 387 g/mol. The van der Waals surface area contributed by atoms with E-state index in [2.05, 4.69) is 31.0 Å². The molecule has 1 aliphatic rings. The molecule has 25 heavy (non-hydrogen) atoms. The molecule has 0 spiro atoms. The lowest BCUT2D eigenvalue weighted by Crippen LogP contribution is -2.55. The van der Waals surface area contributed by atoms with Crippen LogP contribution in [0.25, 0.3) is 0 Å². The molecule has 0 unspecified atom stereocenters. The van der Waals surface area contributed by atoms with Crippen molar-refractivity contribution in [3.63, 3.8) is 0 Å². The summed E-state index contributed by atoms with van der Waals surface area (Å²) in [6.45, 7) is 2.74. The lowest BCUT2D eigenvalue weighted by Gasteiger charge is -2.36. The Labute approximate surface area is 159 Å². The topological polar surface area (TPSA) is 96.8 Å². The Morgan fingerprint density at radius 3 is 2.64 bits per heavy atom. The van der Waals surface area contributed by atoms with Crippen molar-refractivity contribution in [3.05, 3.63) is 37.1 Å². The molecule has 0 atom stereocenters. The first-order valence-corrected chi connectivity index (χ1v) is 7.80. The number of halogens is 2. The Morgan fingerprint density at radius 1 is 1.20 bits per heavy atom. The van der Waals surface area contributed by atoms with Crippen molar-refractivity contribution in [1.82, 2.24) is 30.4 Å². The van der Waals surface area contributed by atoms with Gasteiger partial charge in [0.1, 0.15) is 11.4 Å². The average Bonchev–Trinajstić information content (AvgIpc) is 3.15. The fourth-order valence-corrected chi connectivity index (χ4v) is 2.84. The molecular weight excluding hydrogens is 365 g/mol. The van der Waals surface area contributed by atoms with Crippen LogP contribution in [0.2, 0.25) is 0 Å². The van der Waals surface area contributed by atoms with Crippen molar-refractivity contribution in [3.8, 4) is 0 Å². The zero-order valence-electron chi connectivity index (χ0n) is 13.7. The van der Waals surface area contributed by atoms with E-state index in [-0.39, 0.29) is 30.7 Å². The summed E-state index contributed by atoms with van der Waals surface area (Å²) < 4.78 is 1.79. The Morgan fingerprint density at radius 2 is 2.00 bits per heavy atom. The van der Waals surface area contributed by atoms with Crippen molar-refractivity contribution in [2.45, 2.75) is 18.4 Å². The van der Waals surface area contributed by atoms with E-state index in [1.165, 1.54) is 0 Å². The molecule has 2 aromatic rings. The number of nitrogens with zero attached hydrogens (tertiary/aromatic N) is 4. The SMILES string of the molecule is Cl.Cl.O=C(NCCNc1cnccn1)C1(n2cccn2)CCNCC1. The van der Waals surface area contributed by atoms with Crippen molar-refractivity contribution >= 4 is 36.5 Å². The lowest BCUT2D eigenvalue weighted by molar-refractivity contribution is -0.131. The van der Waals surface area contributed by atoms with Crippen LogP contribution in [0.15, 0.2) is 37.1 Å². The fraction of sp³-hybridized carbons (Fsp3) is 0.467. The number of nitrogens with one attached hydrogen (secondary N) is 3. The number of piperidine rings is 1. The molecule has 3 heterocycles. The smallest absolute Gasteiger partial charge is 0.248 e. The van der Waals surface area contributed by atoms with E-state index in [0.29, 0.717) is 18.9 Å². The number of carbonyl (C=O) groups is 1. The van der Waals surface area contributed by atoms with Crippen LogP contribution in [0.4, 0.5) is 5.82 Å². The highest BCUT2D eigenvalue weighted by Gasteiger charge is 2.41. The molecule has 3 N–H and O–H groups in total. The Bertz CT molecular complexity index is 618. The van der Waals surface area contributed by atoms with Crippen LogP contribution in [0.1, 0.15) is 12.8 Å². The van der Waals surface area contributed by atoms with E-state index in [4.69, 9.17) is 0 Å². The van der Waals surface area contributed by atoms with E-state index in [1.807, 2.05) is 12.3 Å². The molecular formula is C15H23Cl2N7O. The van der Waals surface area contributed by atoms with Gasteiger partial charge in [0.15, 0.2) is 0 Å². The van der Waals surface area contributed by atoms with Crippen LogP contribution < -0.4 is 16.0 Å². The predicted octanol–water partition coefficient (Wildman–Crippen LogP) is 0.824. The molecule has 3 rings (SSSR count). The largest absolute Gasteiger partial charge is 0.367 e. The van der Waals surface area contributed by atoms with Crippen molar-refractivity contribution in [1.29, 1.82) is 0 Å². The summed E-state index contributed by atoms with van der Waals surface area (Å²) in [7, 11) is 0. The molecule has 1 amide bonds. The van der Waals surface area contributed by atoms with Crippen molar-refractivity contribution in [2.24, 2.45) is 0 Å². The van der Waals surface area contributed by atoms with Gasteiger partial charge in [0.2, 0.25) is 5.91 Å². The molecule has 138 valence electrons. The predicted molar refractivity (Wildman–Crippen MR) is 100 cm³/mol. The van der Waals surface area contributed by atoms with Gasteiger partial charge in [-0.2, -0.15) is 5.10 Å². The first-order chi connectivity index (χ1) is 11.3. The van der Waals surface area contributed by atoms with Crippen LogP contribution in [0.5, 0.6) is 0 Å². The second-order valence-corrected chi connectivity index (χ2v) is 5.51. The minimum atomic E-state index is -0.596. The molecule has 1 aliphatic heterocycles. The molecule has 1 saturated heterocycles. The summed E-state index contributed by atoms with van der Waals surface area (Å²) in [4.78, 5) is 20.9. The van der Waals surface area contributed by atoms with E-state index < -0.39 is 5.54 Å². The molecule has 8 nitrogen and oxygen atoms in total. The highest BCUT2D eigenvalue weighted by molar-refractivity contribution is 5.85. The Balaban J connectivity index is 0.00000156. The number of hydrogen-bond acceptors (Lipinski definition) is 6. The Kier molecular flexibility index (Phi) is 8.60. The minimum absolute atomic E-state index is 0. The van der Waals surface area contributed by atoms with Gasteiger partial charge in [-0.3, -0.25) is 14.5 Å². The van der Waals surface area contributed by atoms with E-state index in [0.717, 1.165) is 25.9 Å². The van der Waals surface area contributed by atoms with Gasteiger partial charge in [0.25, 0.3) is 0 Å². The third-order valence-electron chi connectivity index (χ3n) is 4.08. The maximum Gasteiger partial charge on any atom is 0.248 e. The molecule has 0 radical (unpaired) electrons. The van der Waals surface area contributed by atoms with Gasteiger partial charge < -0.3 is 16.0 Å². The minimum Gasteiger partial charge on any atom is -0.367 e. The second kappa shape index (κ2) is 10.2. The van der Waals surface area contributed by atoms with Gasteiger partial charge in [-0.1, -0.05) is 0 Å². The number of amides is 1. The van der Waals surface area contributed by atoms with Gasteiger partial charge in [-0.25, -0.2) is 4.98 Å². The normalized spacial score (nSPS) is 15.4. The van der Waals surface area contributed by atoms with Gasteiger partial charge in [0, 0.05) is 37.9 Å². The Hall–Kier alpha value is -1.90. The maximum atomic E-state index is 12.8. The number of anilines is 1. The summed E-state index contributed by atoms with van der Waals surface area (Å²) >= 11 is 0. The molecule has 0 saturated carbocycles. The molecule has 0 aromatic carbocycles. The quantitative estimate of drug-likeness (QED) is 0.635. The third-order valence-corrected chi connectivity index (χ3v) is 4.08. The average molecular weight is 388 g/mol. The van der Waals surface area contributed by atoms with Crippen LogP contribution in [-0.4, -0.2) is 51.8 Å². The first kappa shape index (κ1) is 21.1. The maximum absolute atomic E-state index is 12.8. The lowest BCUT2D eigenvalue weighted by atomic mass is 9.87. The van der Waals surface area contributed by atoms with Gasteiger partial charge >= 0.3 is 0 Å². The van der Waals surface area contributed by atoms with Crippen LogP contribution >= 0.6 is 24.8 Å². The number of aromatic nitrogens is 4. The highest BCUT2D eigenvalue weighted by Crippen LogP contribution is 2.26. The molecule has 1 fully saturated rings. The third kappa shape index (κ3) is 5.04. The molecule has 10 heteroatoms. The van der Waals surface area contributed by atoms with E-state index in [9.17, 15) is 4.79 Å². The van der Waals surface area contributed by atoms with E-state index >= 15 is 0 Å². The van der Waals surface area contributed by atoms with Crippen LogP contribution in [0, 0.1) is 0 Å². The summed E-state index contributed by atoms with van der Waals surface area (Å²) in [5.41, 5.74) is -0.596. The zero-order chi connectivity index (χ0) is 16.0. The zero-order valence-corrected chi connectivity index (χ0v) is 15.4. The number of hydrogen-bond donors (Lipinski definition) is 3. The van der Waals surface area contributed by atoms with Crippen molar-refractivity contribution in [2.75, 3.05) is 31.5 Å². The van der Waals surface area contributed by atoms with Crippen molar-refractivity contribution < 1.29 is 4.79 Å². The number of rotatable bonds is 6. The van der Waals surface area contributed by atoms with Gasteiger partial charge in [-0.05, 0) is 32.0 Å². The fourth-order valence-electron chi connectivity index (χ4n) is 2.84. The van der Waals surface area contributed by atoms with Gasteiger partial charge in [0.05, 0.1) is 6.20 Å². The first-order valence-electron chi connectivity index (χ1n) is 7.80. The van der Waals surface area contributed by atoms with E-state index in [1.54, 1.807) is 29.5 Å². The summed E-state index contributed by atoms with van der Waals surface area (Å²) in [5, 5.41) is 13.7. The highest BCUT2D eigenvalue weighted by atomic mass is 35.5. The molecule has 0 bridgehead atoms. The summed E-state index contributed by atoms with van der Waals surface area (Å²) in [6, 6.07) is 1.85. The summed E-state index contributed by atoms with van der Waals surface area (Å²) in [5.74, 6) is 0.717. The summed E-state index contributed by atoms with van der Waals surface area (Å²) in [6.07, 6.45) is 9.95. The van der Waals surface area contributed by atoms with Crippen LogP contribution in [-0.2, 0) is 10.3 Å². The van der Waals surface area contributed by atoms with Gasteiger partial charge in [-0.15, -0.1) is 24.8 Å². The van der Waals surface area contributed by atoms with Crippen LogP contribution in [0.3, 0.4) is 0 Å². The second-order valence-electron chi connectivity index (χ2n) is 5.51. The molecule has 2 aromatic heterocycles. The number of carbonyl (C=O) groups excluding carboxylic acids is 1.